The van der Waals surface area contributed by atoms with Crippen LogP contribution in [-0.4, -0.2) is 41.5 Å². The van der Waals surface area contributed by atoms with Crippen LogP contribution in [0.1, 0.15) is 23.2 Å². The number of ether oxygens (including phenoxy) is 1. The SMILES string of the molecule is O=C(NCC1(O)CCOCC1)c1conc1-c1ccc(Cl)cc1. The molecule has 7 heteroatoms. The van der Waals surface area contributed by atoms with Crippen LogP contribution < -0.4 is 5.32 Å². The molecular weight excluding hydrogens is 320 g/mol. The number of aromatic nitrogens is 1. The number of nitrogens with one attached hydrogen (secondary N) is 1. The minimum Gasteiger partial charge on any atom is -0.388 e. The second-order valence-corrected chi connectivity index (χ2v) is 6.04. The van der Waals surface area contributed by atoms with Crippen LogP contribution in [0.3, 0.4) is 0 Å². The fourth-order valence-electron chi connectivity index (χ4n) is 2.48. The van der Waals surface area contributed by atoms with Crippen molar-refractivity contribution in [2.24, 2.45) is 0 Å². The zero-order chi connectivity index (χ0) is 16.3. The van der Waals surface area contributed by atoms with Crippen LogP contribution in [0.4, 0.5) is 0 Å². The maximum Gasteiger partial charge on any atom is 0.256 e. The minimum absolute atomic E-state index is 0.167. The first-order valence-corrected chi connectivity index (χ1v) is 7.74. The van der Waals surface area contributed by atoms with E-state index in [1.807, 2.05) is 0 Å². The number of aliphatic hydroxyl groups is 1. The monoisotopic (exact) mass is 336 g/mol. The van der Waals surface area contributed by atoms with Gasteiger partial charge in [-0.2, -0.15) is 0 Å². The number of halogens is 1. The molecule has 0 saturated carbocycles. The number of rotatable bonds is 4. The average Bonchev–Trinajstić information content (AvgIpc) is 3.04. The summed E-state index contributed by atoms with van der Waals surface area (Å²) in [5.41, 5.74) is 0.574. The lowest BCUT2D eigenvalue weighted by atomic mass is 9.94. The summed E-state index contributed by atoms with van der Waals surface area (Å²) >= 11 is 5.87. The van der Waals surface area contributed by atoms with Crippen molar-refractivity contribution in [3.8, 4) is 11.3 Å². The van der Waals surface area contributed by atoms with Crippen LogP contribution in [0, 0.1) is 0 Å². The topological polar surface area (TPSA) is 84.6 Å². The third kappa shape index (κ3) is 3.72. The maximum atomic E-state index is 12.4. The standard InChI is InChI=1S/C16H17ClN2O4/c17-12-3-1-11(2-4-12)14-13(9-23-19-14)15(20)18-10-16(21)5-7-22-8-6-16/h1-4,9,21H,5-8,10H2,(H,18,20). The minimum atomic E-state index is -0.925. The van der Waals surface area contributed by atoms with Crippen molar-refractivity contribution < 1.29 is 19.2 Å². The van der Waals surface area contributed by atoms with Crippen LogP contribution in [0.2, 0.25) is 5.02 Å². The van der Waals surface area contributed by atoms with Crippen LogP contribution in [0.15, 0.2) is 35.1 Å². The van der Waals surface area contributed by atoms with Crippen LogP contribution in [-0.2, 0) is 4.74 Å². The molecule has 1 aromatic heterocycles. The molecule has 2 aromatic rings. The molecule has 0 unspecified atom stereocenters. The normalized spacial score (nSPS) is 17.0. The van der Waals surface area contributed by atoms with Gasteiger partial charge in [0.2, 0.25) is 0 Å². The van der Waals surface area contributed by atoms with Gasteiger partial charge >= 0.3 is 0 Å². The number of nitrogens with zero attached hydrogens (tertiary/aromatic N) is 1. The van der Waals surface area contributed by atoms with E-state index in [0.717, 1.165) is 5.56 Å². The number of hydrogen-bond donors (Lipinski definition) is 2. The number of hydrogen-bond acceptors (Lipinski definition) is 5. The van der Waals surface area contributed by atoms with Gasteiger partial charge in [-0.25, -0.2) is 0 Å². The lowest BCUT2D eigenvalue weighted by Crippen LogP contribution is -2.46. The molecule has 1 amide bonds. The molecule has 2 heterocycles. The van der Waals surface area contributed by atoms with E-state index in [-0.39, 0.29) is 12.5 Å². The summed E-state index contributed by atoms with van der Waals surface area (Å²) in [5.74, 6) is -0.337. The predicted molar refractivity (Wildman–Crippen MR) is 84.3 cm³/mol. The third-order valence-corrected chi connectivity index (χ3v) is 4.19. The summed E-state index contributed by atoms with van der Waals surface area (Å²) in [5, 5.41) is 17.6. The summed E-state index contributed by atoms with van der Waals surface area (Å²) in [6.45, 7) is 1.16. The first-order chi connectivity index (χ1) is 11.1. The Morgan fingerprint density at radius 2 is 2.00 bits per heavy atom. The number of benzene rings is 1. The molecule has 122 valence electrons. The first-order valence-electron chi connectivity index (χ1n) is 7.36. The molecule has 6 nitrogen and oxygen atoms in total. The summed E-state index contributed by atoms with van der Waals surface area (Å²) in [4.78, 5) is 12.4. The molecule has 2 N–H and O–H groups in total. The Hall–Kier alpha value is -1.89. The number of amides is 1. The van der Waals surface area contributed by atoms with Crippen molar-refractivity contribution in [1.29, 1.82) is 0 Å². The van der Waals surface area contributed by atoms with Gasteiger partial charge in [0.15, 0.2) is 0 Å². The average molecular weight is 337 g/mol. The molecule has 1 aliphatic heterocycles. The third-order valence-electron chi connectivity index (χ3n) is 3.93. The molecule has 0 aliphatic carbocycles. The van der Waals surface area contributed by atoms with Crippen molar-refractivity contribution in [2.75, 3.05) is 19.8 Å². The van der Waals surface area contributed by atoms with Crippen molar-refractivity contribution in [3.63, 3.8) is 0 Å². The molecule has 0 spiro atoms. The lowest BCUT2D eigenvalue weighted by Gasteiger charge is -2.31. The summed E-state index contributed by atoms with van der Waals surface area (Å²) < 4.78 is 10.2. The van der Waals surface area contributed by atoms with Gasteiger partial charge < -0.3 is 19.7 Å². The molecular formula is C16H17ClN2O4. The molecule has 0 atom stereocenters. The van der Waals surface area contributed by atoms with E-state index >= 15 is 0 Å². The number of carbonyl (C=O) groups is 1. The van der Waals surface area contributed by atoms with Gasteiger partial charge in [-0.3, -0.25) is 4.79 Å². The second-order valence-electron chi connectivity index (χ2n) is 5.60. The van der Waals surface area contributed by atoms with E-state index in [4.69, 9.17) is 20.9 Å². The van der Waals surface area contributed by atoms with Gasteiger partial charge in [-0.1, -0.05) is 28.9 Å². The zero-order valence-corrected chi connectivity index (χ0v) is 13.2. The van der Waals surface area contributed by atoms with E-state index < -0.39 is 5.60 Å². The summed E-state index contributed by atoms with van der Waals surface area (Å²) in [6, 6.07) is 6.97. The van der Waals surface area contributed by atoms with Crippen molar-refractivity contribution in [2.45, 2.75) is 18.4 Å². The van der Waals surface area contributed by atoms with Gasteiger partial charge in [0.1, 0.15) is 17.5 Å². The molecule has 1 aromatic carbocycles. The smallest absolute Gasteiger partial charge is 0.256 e. The van der Waals surface area contributed by atoms with Crippen LogP contribution in [0.5, 0.6) is 0 Å². The van der Waals surface area contributed by atoms with Crippen LogP contribution >= 0.6 is 11.6 Å². The highest BCUT2D eigenvalue weighted by Crippen LogP contribution is 2.24. The van der Waals surface area contributed by atoms with E-state index in [9.17, 15) is 9.90 Å². The maximum absolute atomic E-state index is 12.4. The van der Waals surface area contributed by atoms with Gasteiger partial charge in [-0.05, 0) is 12.1 Å². The summed E-state index contributed by atoms with van der Waals surface area (Å²) in [7, 11) is 0. The number of carbonyl (C=O) groups excluding carboxylic acids is 1. The fourth-order valence-corrected chi connectivity index (χ4v) is 2.61. The molecule has 1 fully saturated rings. The molecule has 1 aliphatic rings. The quantitative estimate of drug-likeness (QED) is 0.894. The van der Waals surface area contributed by atoms with Crippen molar-refractivity contribution in [3.05, 3.63) is 41.1 Å². The fraction of sp³-hybridized carbons (Fsp3) is 0.375. The predicted octanol–water partition coefficient (Wildman–Crippen LogP) is 2.27. The molecule has 0 radical (unpaired) electrons. The van der Waals surface area contributed by atoms with Crippen molar-refractivity contribution in [1.82, 2.24) is 10.5 Å². The Morgan fingerprint density at radius 3 is 2.70 bits per heavy atom. The van der Waals surface area contributed by atoms with E-state index in [0.29, 0.717) is 42.3 Å². The Kier molecular flexibility index (Phi) is 4.66. The molecule has 3 rings (SSSR count). The van der Waals surface area contributed by atoms with Gasteiger partial charge in [0.05, 0.1) is 5.60 Å². The highest BCUT2D eigenvalue weighted by molar-refractivity contribution is 6.30. The zero-order valence-electron chi connectivity index (χ0n) is 12.4. The highest BCUT2D eigenvalue weighted by atomic mass is 35.5. The molecule has 1 saturated heterocycles. The van der Waals surface area contributed by atoms with Gasteiger partial charge in [0.25, 0.3) is 5.91 Å². The van der Waals surface area contributed by atoms with Crippen molar-refractivity contribution >= 4 is 17.5 Å². The van der Waals surface area contributed by atoms with E-state index in [1.54, 1.807) is 24.3 Å². The molecule has 0 bridgehead atoms. The largest absolute Gasteiger partial charge is 0.388 e. The second kappa shape index (κ2) is 6.70. The first kappa shape index (κ1) is 16.0. The Bertz CT molecular complexity index is 678. The van der Waals surface area contributed by atoms with Gasteiger partial charge in [0, 0.05) is 43.2 Å². The summed E-state index contributed by atoms with van der Waals surface area (Å²) in [6.07, 6.45) is 2.30. The van der Waals surface area contributed by atoms with E-state index in [2.05, 4.69) is 10.5 Å². The Labute approximate surface area is 138 Å². The lowest BCUT2D eigenvalue weighted by molar-refractivity contribution is -0.0605. The van der Waals surface area contributed by atoms with Crippen LogP contribution in [0.25, 0.3) is 11.3 Å². The molecule has 23 heavy (non-hydrogen) atoms. The van der Waals surface area contributed by atoms with E-state index in [1.165, 1.54) is 6.26 Å². The Morgan fingerprint density at radius 1 is 1.30 bits per heavy atom. The Balaban J connectivity index is 1.71. The highest BCUT2D eigenvalue weighted by Gasteiger charge is 2.30. The van der Waals surface area contributed by atoms with Gasteiger partial charge in [-0.15, -0.1) is 0 Å².